The summed E-state index contributed by atoms with van der Waals surface area (Å²) in [5.41, 5.74) is 8.25. The zero-order valence-electron chi connectivity index (χ0n) is 10.8. The zero-order chi connectivity index (χ0) is 13.4. The van der Waals surface area contributed by atoms with Gasteiger partial charge in [-0.25, -0.2) is 0 Å². The Kier molecular flexibility index (Phi) is 2.74. The molecule has 1 saturated heterocycles. The number of hydrogen-bond donors (Lipinski definition) is 1. The first-order valence-corrected chi connectivity index (χ1v) is 6.36. The Morgan fingerprint density at radius 1 is 1.26 bits per heavy atom. The first-order chi connectivity index (χ1) is 9.18. The van der Waals surface area contributed by atoms with Crippen molar-refractivity contribution in [1.29, 1.82) is 0 Å². The number of carbonyl (C=O) groups is 1. The fourth-order valence-electron chi connectivity index (χ4n) is 2.56. The molecule has 1 fully saturated rings. The predicted molar refractivity (Wildman–Crippen MR) is 74.4 cm³/mol. The molecular weight excluding hydrogens is 240 g/mol. The smallest absolute Gasteiger partial charge is 0.284 e. The van der Waals surface area contributed by atoms with Crippen LogP contribution in [0.4, 0.5) is 5.69 Å². The monoisotopic (exact) mass is 256 g/mol. The number of allylic oxidation sites excluding steroid dienone is 1. The molecule has 2 aliphatic rings. The summed E-state index contributed by atoms with van der Waals surface area (Å²) in [6.07, 6.45) is 1.94. The number of carbonyl (C=O) groups excluding carboxylic acids is 1. The van der Waals surface area contributed by atoms with Gasteiger partial charge < -0.3 is 10.6 Å². The van der Waals surface area contributed by atoms with E-state index in [1.54, 1.807) is 0 Å². The van der Waals surface area contributed by atoms with E-state index in [0.29, 0.717) is 11.4 Å². The summed E-state index contributed by atoms with van der Waals surface area (Å²) in [7, 11) is 1.99. The number of rotatable bonds is 1. The van der Waals surface area contributed by atoms with Crippen LogP contribution in [-0.2, 0) is 4.79 Å². The van der Waals surface area contributed by atoms with Crippen LogP contribution in [0.25, 0.3) is 0 Å². The summed E-state index contributed by atoms with van der Waals surface area (Å²) in [6.45, 7) is 0.963. The van der Waals surface area contributed by atoms with Gasteiger partial charge in [0.05, 0.1) is 5.69 Å². The molecule has 1 amide bonds. The summed E-state index contributed by atoms with van der Waals surface area (Å²) >= 11 is 0. The second-order valence-corrected chi connectivity index (χ2v) is 4.78. The maximum Gasteiger partial charge on any atom is 0.284 e. The molecule has 0 atom stereocenters. The number of amides is 1. The Hall–Kier alpha value is -2.30. The molecule has 2 N–H and O–H groups in total. The molecule has 2 heterocycles. The lowest BCUT2D eigenvalue weighted by Crippen LogP contribution is -2.26. The lowest BCUT2D eigenvalue weighted by molar-refractivity contribution is -0.114. The van der Waals surface area contributed by atoms with Crippen LogP contribution >= 0.6 is 0 Å². The molecule has 0 bridgehead atoms. The van der Waals surface area contributed by atoms with Crippen molar-refractivity contribution in [2.24, 2.45) is 10.8 Å². The normalized spacial score (nSPS) is 23.2. The topological polar surface area (TPSA) is 61.9 Å². The predicted octanol–water partition coefficient (Wildman–Crippen LogP) is 1.29. The second-order valence-electron chi connectivity index (χ2n) is 4.78. The van der Waals surface area contributed by atoms with Crippen LogP contribution in [0.15, 0.2) is 46.7 Å². The Morgan fingerprint density at radius 3 is 2.63 bits per heavy atom. The summed E-state index contributed by atoms with van der Waals surface area (Å²) in [4.78, 5) is 14.6. The van der Waals surface area contributed by atoms with E-state index in [1.807, 2.05) is 37.4 Å². The number of likely N-dealkylation sites (tertiary alicyclic amines) is 1. The molecule has 3 rings (SSSR count). The molecule has 0 unspecified atom stereocenters. The third kappa shape index (κ3) is 1.87. The number of anilines is 1. The van der Waals surface area contributed by atoms with Gasteiger partial charge in [-0.2, -0.15) is 5.01 Å². The van der Waals surface area contributed by atoms with Gasteiger partial charge in [-0.1, -0.05) is 18.2 Å². The minimum atomic E-state index is -0.132. The number of para-hydroxylation sites is 1. The second kappa shape index (κ2) is 4.42. The van der Waals surface area contributed by atoms with Crippen LogP contribution in [0.5, 0.6) is 0 Å². The number of hydrogen-bond acceptors (Lipinski definition) is 4. The van der Waals surface area contributed by atoms with E-state index >= 15 is 0 Å². The van der Waals surface area contributed by atoms with Crippen molar-refractivity contribution in [2.45, 2.75) is 12.8 Å². The van der Waals surface area contributed by atoms with Gasteiger partial charge in [0.15, 0.2) is 5.84 Å². The van der Waals surface area contributed by atoms with Crippen molar-refractivity contribution in [3.63, 3.8) is 0 Å². The van der Waals surface area contributed by atoms with E-state index < -0.39 is 0 Å². The standard InChI is InChI=1S/C14H16N4O/c1-17-9-5-8-11(17)12-13(15)16-18(14(12)19)10-6-3-2-4-7-10/h2-4,6-7H,5,8-9H2,1H3,(H2,15,16)/b12-11+. The Balaban J connectivity index is 2.01. The summed E-state index contributed by atoms with van der Waals surface area (Å²) in [5.74, 6) is 0.185. The molecule has 0 aliphatic carbocycles. The van der Waals surface area contributed by atoms with Crippen molar-refractivity contribution >= 4 is 17.4 Å². The number of nitrogens with zero attached hydrogens (tertiary/aromatic N) is 3. The first kappa shape index (κ1) is 11.8. The van der Waals surface area contributed by atoms with E-state index in [1.165, 1.54) is 5.01 Å². The average Bonchev–Trinajstić information content (AvgIpc) is 2.95. The highest BCUT2D eigenvalue weighted by Gasteiger charge is 2.34. The van der Waals surface area contributed by atoms with Crippen molar-refractivity contribution in [3.8, 4) is 0 Å². The number of hydrazone groups is 1. The molecule has 98 valence electrons. The highest BCUT2D eigenvalue weighted by atomic mass is 16.2. The fourth-order valence-corrected chi connectivity index (χ4v) is 2.56. The molecule has 19 heavy (non-hydrogen) atoms. The molecule has 1 aromatic carbocycles. The van der Waals surface area contributed by atoms with Crippen LogP contribution in [0.1, 0.15) is 12.8 Å². The summed E-state index contributed by atoms with van der Waals surface area (Å²) < 4.78 is 0. The van der Waals surface area contributed by atoms with Gasteiger partial charge in [-0.15, -0.1) is 5.10 Å². The van der Waals surface area contributed by atoms with Crippen LogP contribution in [0.3, 0.4) is 0 Å². The fraction of sp³-hybridized carbons (Fsp3) is 0.286. The van der Waals surface area contributed by atoms with Gasteiger partial charge in [0.1, 0.15) is 5.57 Å². The van der Waals surface area contributed by atoms with E-state index in [4.69, 9.17) is 5.73 Å². The summed E-state index contributed by atoms with van der Waals surface area (Å²) in [5, 5.41) is 5.57. The number of nitrogens with two attached hydrogens (primary N) is 1. The van der Waals surface area contributed by atoms with Crippen LogP contribution in [0, 0.1) is 0 Å². The van der Waals surface area contributed by atoms with Gasteiger partial charge in [0, 0.05) is 19.3 Å². The quantitative estimate of drug-likeness (QED) is 0.770. The third-order valence-electron chi connectivity index (χ3n) is 3.53. The maximum atomic E-state index is 12.5. The van der Waals surface area contributed by atoms with Crippen LogP contribution < -0.4 is 10.7 Å². The molecule has 5 heteroatoms. The van der Waals surface area contributed by atoms with Crippen molar-refractivity contribution in [2.75, 3.05) is 18.6 Å². The van der Waals surface area contributed by atoms with Gasteiger partial charge >= 0.3 is 0 Å². The number of amidine groups is 1. The number of benzene rings is 1. The van der Waals surface area contributed by atoms with Crippen LogP contribution in [0.2, 0.25) is 0 Å². The minimum Gasteiger partial charge on any atom is -0.382 e. The van der Waals surface area contributed by atoms with Gasteiger partial charge in [-0.05, 0) is 25.0 Å². The van der Waals surface area contributed by atoms with E-state index in [0.717, 1.165) is 30.8 Å². The minimum absolute atomic E-state index is 0.132. The molecule has 2 aliphatic heterocycles. The van der Waals surface area contributed by atoms with E-state index in [-0.39, 0.29) is 5.91 Å². The van der Waals surface area contributed by atoms with Gasteiger partial charge in [0.25, 0.3) is 5.91 Å². The lowest BCUT2D eigenvalue weighted by atomic mass is 10.1. The van der Waals surface area contributed by atoms with Gasteiger partial charge in [0.2, 0.25) is 0 Å². The van der Waals surface area contributed by atoms with Crippen molar-refractivity contribution in [1.82, 2.24) is 4.90 Å². The molecule has 0 spiro atoms. The molecule has 0 aromatic heterocycles. The van der Waals surface area contributed by atoms with E-state index in [2.05, 4.69) is 10.0 Å². The zero-order valence-corrected chi connectivity index (χ0v) is 10.8. The Labute approximate surface area is 112 Å². The molecule has 0 radical (unpaired) electrons. The molecule has 0 saturated carbocycles. The average molecular weight is 256 g/mol. The largest absolute Gasteiger partial charge is 0.382 e. The Morgan fingerprint density at radius 2 is 2.00 bits per heavy atom. The molecule has 1 aromatic rings. The SMILES string of the molecule is CN1CCC/C1=C1\C(=O)N(c2ccccc2)N=C1N. The maximum absolute atomic E-state index is 12.5. The first-order valence-electron chi connectivity index (χ1n) is 6.36. The Bertz CT molecular complexity index is 576. The van der Waals surface area contributed by atoms with Gasteiger partial charge in [-0.3, -0.25) is 4.79 Å². The lowest BCUT2D eigenvalue weighted by Gasteiger charge is -2.16. The molecular formula is C14H16N4O. The van der Waals surface area contributed by atoms with Crippen molar-refractivity contribution in [3.05, 3.63) is 41.6 Å². The van der Waals surface area contributed by atoms with E-state index in [9.17, 15) is 4.79 Å². The van der Waals surface area contributed by atoms with Crippen LogP contribution in [-0.4, -0.2) is 30.2 Å². The highest BCUT2D eigenvalue weighted by molar-refractivity contribution is 6.29. The third-order valence-corrected chi connectivity index (χ3v) is 3.53. The molecule has 5 nitrogen and oxygen atoms in total. The highest BCUT2D eigenvalue weighted by Crippen LogP contribution is 2.29. The van der Waals surface area contributed by atoms with Crippen molar-refractivity contribution < 1.29 is 4.79 Å². The summed E-state index contributed by atoms with van der Waals surface area (Å²) in [6, 6.07) is 9.35.